The zero-order chi connectivity index (χ0) is 40.7. The maximum Gasteiger partial charge on any atom is 0.398 e. The van der Waals surface area contributed by atoms with Gasteiger partial charge >= 0.3 is 7.72 Å². The molecule has 0 aromatic heterocycles. The highest BCUT2D eigenvalue weighted by Gasteiger charge is 2.65. The number of para-hydroxylation sites is 2. The summed E-state index contributed by atoms with van der Waals surface area (Å²) in [5, 5.41) is -2.41. The lowest BCUT2D eigenvalue weighted by atomic mass is 9.15. The van der Waals surface area contributed by atoms with Crippen molar-refractivity contribution in [3.05, 3.63) is 153 Å². The third kappa shape index (κ3) is 5.65. The van der Waals surface area contributed by atoms with Crippen molar-refractivity contribution in [1.29, 1.82) is 0 Å². The van der Waals surface area contributed by atoms with Crippen molar-refractivity contribution < 1.29 is 74.9 Å². The summed E-state index contributed by atoms with van der Waals surface area (Å²) in [4.78, 5) is 0. The average molecular weight is 810 g/mol. The van der Waals surface area contributed by atoms with Gasteiger partial charge < -0.3 is 0 Å². The number of halogens is 15. The highest BCUT2D eigenvalue weighted by Crippen LogP contribution is 2.81. The monoisotopic (exact) mass is 810 g/mol. The van der Waals surface area contributed by atoms with Gasteiger partial charge in [0, 0.05) is 5.56 Å². The Balaban J connectivity index is 2.05. The molecule has 5 aromatic rings. The zero-order valence-corrected chi connectivity index (χ0v) is 28.7. The normalized spacial score (nSPS) is 14.2. The summed E-state index contributed by atoms with van der Waals surface area (Å²) in [6, 6.07) is 11.4. The van der Waals surface area contributed by atoms with Crippen LogP contribution in [0.25, 0.3) is 5.31 Å². The lowest BCUT2D eigenvalue weighted by Gasteiger charge is -2.43. The van der Waals surface area contributed by atoms with Crippen LogP contribution in [0.1, 0.15) is 26.3 Å². The third-order valence-corrected chi connectivity index (χ3v) is 12.8. The molecule has 0 unspecified atom stereocenters. The SMILES string of the molecule is CC(C)(C)[P+]1(/C(=C/[B-](c2c(F)c(F)c(F)c(F)c2F)(c2c(F)c(F)c(F)c(F)c2F)c2c(F)c(F)c(F)c(F)c2F)c2ccccc2)Oc2ccccc2O1. The van der Waals surface area contributed by atoms with Crippen LogP contribution in [0.3, 0.4) is 0 Å². The molecule has 0 saturated heterocycles. The van der Waals surface area contributed by atoms with Crippen LogP contribution in [0, 0.1) is 87.3 Å². The van der Waals surface area contributed by atoms with Gasteiger partial charge in [-0.15, -0.1) is 16.4 Å². The van der Waals surface area contributed by atoms with Gasteiger partial charge in [-0.2, -0.15) is 5.98 Å². The van der Waals surface area contributed by atoms with Crippen LogP contribution in [0.4, 0.5) is 65.9 Å². The molecule has 0 aliphatic carbocycles. The van der Waals surface area contributed by atoms with Crippen molar-refractivity contribution in [3.8, 4) is 11.5 Å². The molecule has 0 N–H and O–H groups in total. The minimum Gasteiger partial charge on any atom is -0.300 e. The Kier molecular flexibility index (Phi) is 9.76. The van der Waals surface area contributed by atoms with Crippen molar-refractivity contribution >= 4 is 35.6 Å². The van der Waals surface area contributed by atoms with Gasteiger partial charge in [-0.05, 0) is 32.9 Å². The van der Waals surface area contributed by atoms with Crippen molar-refractivity contribution in [2.24, 2.45) is 0 Å². The van der Waals surface area contributed by atoms with E-state index in [0.717, 1.165) is 12.1 Å². The predicted octanol–water partition coefficient (Wildman–Crippen LogP) is 9.94. The van der Waals surface area contributed by atoms with E-state index in [9.17, 15) is 13.2 Å². The number of hydrogen-bond donors (Lipinski definition) is 0. The van der Waals surface area contributed by atoms with Gasteiger partial charge in [0.2, 0.25) is 11.5 Å². The number of rotatable bonds is 6. The molecule has 288 valence electrons. The van der Waals surface area contributed by atoms with E-state index >= 15 is 52.7 Å². The first-order chi connectivity index (χ1) is 25.7. The molecule has 0 spiro atoms. The molecule has 19 heteroatoms. The van der Waals surface area contributed by atoms with Gasteiger partial charge in [-0.25, -0.2) is 65.9 Å². The zero-order valence-electron chi connectivity index (χ0n) is 27.8. The van der Waals surface area contributed by atoms with Crippen LogP contribution >= 0.6 is 7.72 Å². The van der Waals surface area contributed by atoms with E-state index in [4.69, 9.17) is 9.05 Å². The largest absolute Gasteiger partial charge is 0.398 e. The molecular weight excluding hydrogens is 791 g/mol. The maximum absolute atomic E-state index is 16.3. The molecule has 0 saturated carbocycles. The topological polar surface area (TPSA) is 18.5 Å². The average Bonchev–Trinajstić information content (AvgIpc) is 3.57. The summed E-state index contributed by atoms with van der Waals surface area (Å²) < 4.78 is 246. The summed E-state index contributed by atoms with van der Waals surface area (Å²) in [5.74, 6) is -46.7. The van der Waals surface area contributed by atoms with E-state index in [2.05, 4.69) is 0 Å². The van der Waals surface area contributed by atoms with Gasteiger partial charge in [-0.1, -0.05) is 42.5 Å². The standard InChI is InChI=1S/C36H19BF15O2P/c1-36(2,3)55(53-15-11-7-8-12-16(15)54-55)17(14-9-5-4-6-10-14)13-37(18-21(38)27(44)33(50)28(45)22(18)39,19-23(40)29(46)34(51)30(47)24(19)41)20-25(42)31(48)35(52)32(49)26(20)43/h4-13H,1-3H3/b17-13+. The van der Waals surface area contributed by atoms with E-state index in [1.165, 1.54) is 63.2 Å². The maximum atomic E-state index is 16.3. The first kappa shape index (κ1) is 39.6. The molecule has 1 aliphatic rings. The third-order valence-electron chi connectivity index (χ3n) is 9.08. The lowest BCUT2D eigenvalue weighted by Crippen LogP contribution is -2.72. The number of fused-ring (bicyclic) bond motifs is 1. The van der Waals surface area contributed by atoms with Crippen LogP contribution < -0.4 is 25.4 Å². The quantitative estimate of drug-likeness (QED) is 0.0560. The molecule has 0 amide bonds. The summed E-state index contributed by atoms with van der Waals surface area (Å²) >= 11 is 0. The van der Waals surface area contributed by atoms with Crippen LogP contribution in [0.2, 0.25) is 0 Å². The van der Waals surface area contributed by atoms with Crippen LogP contribution in [-0.4, -0.2) is 11.3 Å². The van der Waals surface area contributed by atoms with Crippen molar-refractivity contribution in [1.82, 2.24) is 0 Å². The Hall–Kier alpha value is -5.12. The first-order valence-corrected chi connectivity index (χ1v) is 17.2. The van der Waals surface area contributed by atoms with E-state index in [-0.39, 0.29) is 23.0 Å². The minimum atomic E-state index is -6.07. The molecule has 2 nitrogen and oxygen atoms in total. The van der Waals surface area contributed by atoms with Crippen LogP contribution in [0.15, 0.2) is 60.6 Å². The number of benzene rings is 5. The highest BCUT2D eigenvalue weighted by molar-refractivity contribution is 7.79. The van der Waals surface area contributed by atoms with Gasteiger partial charge in [0.25, 0.3) is 0 Å². The fourth-order valence-electron chi connectivity index (χ4n) is 6.59. The fourth-order valence-corrected chi connectivity index (χ4v) is 9.86. The van der Waals surface area contributed by atoms with E-state index in [0.29, 0.717) is 0 Å². The Bertz CT molecular complexity index is 2170. The molecule has 0 fully saturated rings. The molecule has 5 aromatic carbocycles. The van der Waals surface area contributed by atoms with Crippen LogP contribution in [-0.2, 0) is 0 Å². The minimum absolute atomic E-state index is 0.0743. The Morgan fingerprint density at radius 3 is 1.00 bits per heavy atom. The molecular formula is C36H19BF15O2P. The van der Waals surface area contributed by atoms with Crippen molar-refractivity contribution in [2.45, 2.75) is 25.9 Å². The first-order valence-electron chi connectivity index (χ1n) is 15.5. The van der Waals surface area contributed by atoms with Gasteiger partial charge in [-0.3, -0.25) is 9.05 Å². The Labute approximate surface area is 301 Å². The second-order valence-corrected chi connectivity index (χ2v) is 16.4. The van der Waals surface area contributed by atoms with Gasteiger partial charge in [0.05, 0.1) is 0 Å². The molecule has 1 aliphatic heterocycles. The molecule has 1 heterocycles. The summed E-state index contributed by atoms with van der Waals surface area (Å²) in [6.45, 7) is 4.06. The van der Waals surface area contributed by atoms with Crippen molar-refractivity contribution in [2.75, 3.05) is 0 Å². The molecule has 0 radical (unpaired) electrons. The summed E-state index contributed by atoms with van der Waals surface area (Å²) in [6.07, 6.45) is -6.07. The van der Waals surface area contributed by atoms with Crippen molar-refractivity contribution in [3.63, 3.8) is 0 Å². The highest BCUT2D eigenvalue weighted by atomic mass is 31.2. The Morgan fingerprint density at radius 1 is 0.436 bits per heavy atom. The van der Waals surface area contributed by atoms with Crippen LogP contribution in [0.5, 0.6) is 11.5 Å². The van der Waals surface area contributed by atoms with E-state index in [1.54, 1.807) is 0 Å². The smallest absolute Gasteiger partial charge is 0.300 e. The van der Waals surface area contributed by atoms with Gasteiger partial charge in [0.1, 0.15) is 51.5 Å². The fraction of sp³-hybridized carbons (Fsp3) is 0.111. The molecule has 6 rings (SSSR count). The van der Waals surface area contributed by atoms with Gasteiger partial charge in [0.15, 0.2) is 52.4 Å². The molecule has 55 heavy (non-hydrogen) atoms. The summed E-state index contributed by atoms with van der Waals surface area (Å²) in [7, 11) is -4.44. The predicted molar refractivity (Wildman–Crippen MR) is 172 cm³/mol. The molecule has 0 bridgehead atoms. The van der Waals surface area contributed by atoms with E-state index < -0.39 is 128 Å². The Morgan fingerprint density at radius 2 is 0.709 bits per heavy atom. The number of hydrogen-bond acceptors (Lipinski definition) is 2. The van der Waals surface area contributed by atoms with E-state index in [1.807, 2.05) is 0 Å². The second kappa shape index (κ2) is 13.6. The lowest BCUT2D eigenvalue weighted by molar-refractivity contribution is 0.380. The molecule has 0 atom stereocenters. The summed E-state index contributed by atoms with van der Waals surface area (Å²) in [5.41, 5.74) is -8.67. The second-order valence-electron chi connectivity index (χ2n) is 13.2.